The Kier molecular flexibility index (Phi) is 3.91. The molecule has 0 fully saturated rings. The van der Waals surface area contributed by atoms with Crippen LogP contribution in [0.15, 0.2) is 36.5 Å². The predicted molar refractivity (Wildman–Crippen MR) is 68.2 cm³/mol. The number of carbonyl (C=O) groups is 1. The molecule has 0 unspecified atom stereocenters. The summed E-state index contributed by atoms with van der Waals surface area (Å²) in [6.45, 7) is 0.0669. The Morgan fingerprint density at radius 3 is 2.90 bits per heavy atom. The van der Waals surface area contributed by atoms with Crippen molar-refractivity contribution in [1.82, 2.24) is 10.3 Å². The van der Waals surface area contributed by atoms with Crippen molar-refractivity contribution in [2.24, 2.45) is 0 Å². The standard InChI is InChI=1S/C14H10FN3O2/c15-11-6-9(3-4-10(11)7-16)8-18-14(20)13-12(19)2-1-5-17-13/h1-6,19H,8H2,(H,18,20). The molecule has 0 atom stereocenters. The van der Waals surface area contributed by atoms with Crippen LogP contribution in [0.2, 0.25) is 0 Å². The van der Waals surface area contributed by atoms with Crippen molar-refractivity contribution in [2.75, 3.05) is 0 Å². The average molecular weight is 271 g/mol. The van der Waals surface area contributed by atoms with E-state index in [2.05, 4.69) is 10.3 Å². The Morgan fingerprint density at radius 2 is 2.25 bits per heavy atom. The Balaban J connectivity index is 2.06. The lowest BCUT2D eigenvalue weighted by Gasteiger charge is -2.06. The van der Waals surface area contributed by atoms with E-state index < -0.39 is 11.7 Å². The number of benzene rings is 1. The molecule has 2 rings (SSSR count). The molecule has 100 valence electrons. The van der Waals surface area contributed by atoms with Crippen LogP contribution >= 0.6 is 0 Å². The zero-order valence-electron chi connectivity index (χ0n) is 10.3. The number of aromatic hydroxyl groups is 1. The van der Waals surface area contributed by atoms with Gasteiger partial charge in [-0.05, 0) is 29.8 Å². The van der Waals surface area contributed by atoms with Crippen LogP contribution in [0.3, 0.4) is 0 Å². The topological polar surface area (TPSA) is 86.0 Å². The third kappa shape index (κ3) is 2.90. The number of pyridine rings is 1. The highest BCUT2D eigenvalue weighted by molar-refractivity contribution is 5.94. The SMILES string of the molecule is N#Cc1ccc(CNC(=O)c2ncccc2O)cc1F. The summed E-state index contributed by atoms with van der Waals surface area (Å²) in [6, 6.07) is 8.63. The molecule has 0 bridgehead atoms. The molecule has 1 aromatic carbocycles. The van der Waals surface area contributed by atoms with Crippen molar-refractivity contribution in [1.29, 1.82) is 5.26 Å². The first-order chi connectivity index (χ1) is 9.61. The van der Waals surface area contributed by atoms with Crippen molar-refractivity contribution in [3.63, 3.8) is 0 Å². The highest BCUT2D eigenvalue weighted by Gasteiger charge is 2.12. The van der Waals surface area contributed by atoms with Gasteiger partial charge in [0.2, 0.25) is 0 Å². The zero-order valence-corrected chi connectivity index (χ0v) is 10.3. The third-order valence-corrected chi connectivity index (χ3v) is 2.61. The van der Waals surface area contributed by atoms with Gasteiger partial charge < -0.3 is 10.4 Å². The summed E-state index contributed by atoms with van der Waals surface area (Å²) in [7, 11) is 0. The molecule has 0 spiro atoms. The molecule has 0 aliphatic carbocycles. The summed E-state index contributed by atoms with van der Waals surface area (Å²) in [5.41, 5.74) is 0.356. The molecule has 1 amide bonds. The van der Waals surface area contributed by atoms with E-state index in [1.54, 1.807) is 12.1 Å². The highest BCUT2D eigenvalue weighted by Crippen LogP contribution is 2.13. The minimum absolute atomic E-state index is 0.0533. The third-order valence-electron chi connectivity index (χ3n) is 2.61. The van der Waals surface area contributed by atoms with Gasteiger partial charge in [0, 0.05) is 12.7 Å². The second-order valence-corrected chi connectivity index (χ2v) is 3.98. The second-order valence-electron chi connectivity index (χ2n) is 3.98. The summed E-state index contributed by atoms with van der Waals surface area (Å²) in [6.07, 6.45) is 1.38. The van der Waals surface area contributed by atoms with Gasteiger partial charge in [-0.2, -0.15) is 5.26 Å². The van der Waals surface area contributed by atoms with Gasteiger partial charge >= 0.3 is 0 Å². The number of nitrogens with one attached hydrogen (secondary N) is 1. The molecule has 0 aliphatic heterocycles. The van der Waals surface area contributed by atoms with Crippen molar-refractivity contribution in [2.45, 2.75) is 6.54 Å². The molecule has 0 aliphatic rings. The van der Waals surface area contributed by atoms with Crippen molar-refractivity contribution < 1.29 is 14.3 Å². The first-order valence-electron chi connectivity index (χ1n) is 5.72. The van der Waals surface area contributed by atoms with E-state index in [1.807, 2.05) is 0 Å². The second kappa shape index (κ2) is 5.80. The maximum atomic E-state index is 13.4. The Hall–Kier alpha value is -2.94. The van der Waals surface area contributed by atoms with Gasteiger partial charge in [-0.15, -0.1) is 0 Å². The number of carbonyl (C=O) groups excluding carboxylic acids is 1. The largest absolute Gasteiger partial charge is 0.505 e. The van der Waals surface area contributed by atoms with Crippen molar-refractivity contribution in [3.05, 3.63) is 59.2 Å². The maximum absolute atomic E-state index is 13.4. The van der Waals surface area contributed by atoms with E-state index in [0.717, 1.165) is 0 Å². The van der Waals surface area contributed by atoms with Gasteiger partial charge in [-0.25, -0.2) is 9.37 Å². The van der Waals surface area contributed by atoms with Gasteiger partial charge in [0.15, 0.2) is 5.69 Å². The number of rotatable bonds is 3. The normalized spacial score (nSPS) is 9.80. The molecule has 1 heterocycles. The van der Waals surface area contributed by atoms with E-state index >= 15 is 0 Å². The average Bonchev–Trinajstić information content (AvgIpc) is 2.45. The number of hydrogen-bond donors (Lipinski definition) is 2. The van der Waals surface area contributed by atoms with Crippen LogP contribution in [0, 0.1) is 17.1 Å². The summed E-state index contributed by atoms with van der Waals surface area (Å²) < 4.78 is 13.4. The fraction of sp³-hybridized carbons (Fsp3) is 0.0714. The summed E-state index contributed by atoms with van der Waals surface area (Å²) in [4.78, 5) is 15.5. The van der Waals surface area contributed by atoms with Crippen molar-refractivity contribution in [3.8, 4) is 11.8 Å². The van der Waals surface area contributed by atoms with Gasteiger partial charge in [0.05, 0.1) is 5.56 Å². The molecular formula is C14H10FN3O2. The van der Waals surface area contributed by atoms with E-state index in [1.165, 1.54) is 30.5 Å². The van der Waals surface area contributed by atoms with Gasteiger partial charge in [0.1, 0.15) is 17.6 Å². The van der Waals surface area contributed by atoms with Crippen LogP contribution in [0.25, 0.3) is 0 Å². The number of nitrogens with zero attached hydrogens (tertiary/aromatic N) is 2. The number of hydrogen-bond acceptors (Lipinski definition) is 4. The van der Waals surface area contributed by atoms with Crippen LogP contribution in [0.1, 0.15) is 21.6 Å². The van der Waals surface area contributed by atoms with Crippen LogP contribution in [-0.4, -0.2) is 16.0 Å². The Bertz CT molecular complexity index is 695. The van der Waals surface area contributed by atoms with Crippen LogP contribution < -0.4 is 5.32 Å². The Morgan fingerprint density at radius 1 is 1.45 bits per heavy atom. The molecule has 6 heteroatoms. The van der Waals surface area contributed by atoms with Gasteiger partial charge in [0.25, 0.3) is 5.91 Å². The van der Waals surface area contributed by atoms with Gasteiger partial charge in [-0.1, -0.05) is 6.07 Å². The van der Waals surface area contributed by atoms with Crippen LogP contribution in [0.5, 0.6) is 5.75 Å². The molecule has 20 heavy (non-hydrogen) atoms. The lowest BCUT2D eigenvalue weighted by molar-refractivity contribution is 0.0943. The maximum Gasteiger partial charge on any atom is 0.273 e. The lowest BCUT2D eigenvalue weighted by Crippen LogP contribution is -2.23. The molecule has 2 aromatic rings. The molecular weight excluding hydrogens is 261 g/mol. The first kappa shape index (κ1) is 13.5. The highest BCUT2D eigenvalue weighted by atomic mass is 19.1. The number of aromatic nitrogens is 1. The first-order valence-corrected chi connectivity index (χ1v) is 5.72. The zero-order chi connectivity index (χ0) is 14.5. The number of amides is 1. The molecule has 5 nitrogen and oxygen atoms in total. The van der Waals surface area contributed by atoms with Crippen LogP contribution in [-0.2, 0) is 6.54 Å². The molecule has 2 N–H and O–H groups in total. The van der Waals surface area contributed by atoms with E-state index in [0.29, 0.717) is 5.56 Å². The quantitative estimate of drug-likeness (QED) is 0.890. The minimum Gasteiger partial charge on any atom is -0.505 e. The molecule has 0 radical (unpaired) electrons. The smallest absolute Gasteiger partial charge is 0.273 e. The van der Waals surface area contributed by atoms with Crippen LogP contribution in [0.4, 0.5) is 4.39 Å². The molecule has 0 saturated carbocycles. The fourth-order valence-electron chi connectivity index (χ4n) is 1.60. The summed E-state index contributed by atoms with van der Waals surface area (Å²) in [5.74, 6) is -1.43. The fourth-order valence-corrected chi connectivity index (χ4v) is 1.60. The monoisotopic (exact) mass is 271 g/mol. The number of nitriles is 1. The van der Waals surface area contributed by atoms with Gasteiger partial charge in [-0.3, -0.25) is 4.79 Å². The van der Waals surface area contributed by atoms with E-state index in [4.69, 9.17) is 5.26 Å². The predicted octanol–water partition coefficient (Wildman–Crippen LogP) is 1.73. The Labute approximate surface area is 114 Å². The van der Waals surface area contributed by atoms with E-state index in [-0.39, 0.29) is 23.6 Å². The molecule has 1 aromatic heterocycles. The molecule has 0 saturated heterocycles. The lowest BCUT2D eigenvalue weighted by atomic mass is 10.1. The summed E-state index contributed by atoms with van der Waals surface area (Å²) >= 11 is 0. The van der Waals surface area contributed by atoms with Crippen molar-refractivity contribution >= 4 is 5.91 Å². The van der Waals surface area contributed by atoms with E-state index in [9.17, 15) is 14.3 Å². The minimum atomic E-state index is -0.639. The number of halogens is 1. The summed E-state index contributed by atoms with van der Waals surface area (Å²) in [5, 5.41) is 20.6.